The number of nitrogens with zero attached hydrogens (tertiary/aromatic N) is 3. The van der Waals surface area contributed by atoms with Gasteiger partial charge in [0.25, 0.3) is 0 Å². The molecule has 4 heterocycles. The lowest BCUT2D eigenvalue weighted by Crippen LogP contribution is -2.49. The number of halogens is 3. The largest absolute Gasteiger partial charge is 0.417 e. The Bertz CT molecular complexity index is 855. The average molecular weight is 424 g/mol. The van der Waals surface area contributed by atoms with Gasteiger partial charge in [-0.1, -0.05) is 5.16 Å². The number of aromatic nitrogens is 2. The molecule has 0 bridgehead atoms. The molecule has 2 saturated heterocycles. The van der Waals surface area contributed by atoms with Gasteiger partial charge >= 0.3 is 12.2 Å². The Morgan fingerprint density at radius 1 is 1.13 bits per heavy atom. The molecule has 2 aliphatic rings. The highest BCUT2D eigenvalue weighted by atomic mass is 19.4. The summed E-state index contributed by atoms with van der Waals surface area (Å²) in [5, 5.41) is 7.15. The molecular formula is C20H23F3N4O3. The van der Waals surface area contributed by atoms with Gasteiger partial charge in [0.2, 0.25) is 0 Å². The van der Waals surface area contributed by atoms with Crippen molar-refractivity contribution in [3.05, 3.63) is 35.7 Å². The number of likely N-dealkylation sites (tertiary alicyclic amines) is 1. The molecule has 2 fully saturated rings. The van der Waals surface area contributed by atoms with Crippen LogP contribution in [0.25, 0.3) is 11.5 Å². The van der Waals surface area contributed by atoms with Gasteiger partial charge in [0, 0.05) is 50.5 Å². The smallest absolute Gasteiger partial charge is 0.381 e. The zero-order valence-corrected chi connectivity index (χ0v) is 16.3. The van der Waals surface area contributed by atoms with Crippen LogP contribution in [0.4, 0.5) is 18.0 Å². The summed E-state index contributed by atoms with van der Waals surface area (Å²) in [7, 11) is 0. The second kappa shape index (κ2) is 8.63. The predicted octanol–water partition coefficient (Wildman–Crippen LogP) is 3.82. The Balaban J connectivity index is 1.32. The first-order valence-electron chi connectivity index (χ1n) is 10.0. The molecule has 0 atom stereocenters. The van der Waals surface area contributed by atoms with E-state index in [1.165, 1.54) is 6.07 Å². The summed E-state index contributed by atoms with van der Waals surface area (Å²) in [4.78, 5) is 18.1. The van der Waals surface area contributed by atoms with Crippen molar-refractivity contribution < 1.29 is 27.2 Å². The maximum absolute atomic E-state index is 12.7. The van der Waals surface area contributed by atoms with E-state index in [-0.39, 0.29) is 18.0 Å². The van der Waals surface area contributed by atoms with Gasteiger partial charge in [0.05, 0.1) is 11.3 Å². The maximum atomic E-state index is 12.7. The van der Waals surface area contributed by atoms with Crippen molar-refractivity contribution in [3.8, 4) is 11.5 Å². The Kier molecular flexibility index (Phi) is 5.94. The molecule has 0 unspecified atom stereocenters. The highest BCUT2D eigenvalue weighted by Crippen LogP contribution is 2.32. The van der Waals surface area contributed by atoms with E-state index < -0.39 is 11.7 Å². The molecule has 0 aliphatic carbocycles. The monoisotopic (exact) mass is 424 g/mol. The zero-order valence-electron chi connectivity index (χ0n) is 16.3. The van der Waals surface area contributed by atoms with Gasteiger partial charge in [-0.2, -0.15) is 13.2 Å². The van der Waals surface area contributed by atoms with E-state index in [0.29, 0.717) is 37.8 Å². The first-order valence-corrected chi connectivity index (χ1v) is 10.0. The lowest BCUT2D eigenvalue weighted by atomic mass is 9.93. The average Bonchev–Trinajstić information content (AvgIpc) is 3.24. The number of amides is 2. The molecule has 0 radical (unpaired) electrons. The summed E-state index contributed by atoms with van der Waals surface area (Å²) in [6, 6.07) is 4.09. The minimum Gasteiger partial charge on any atom is -0.381 e. The molecule has 0 spiro atoms. The summed E-state index contributed by atoms with van der Waals surface area (Å²) in [6.07, 6.45) is -0.485. The third kappa shape index (κ3) is 4.75. The van der Waals surface area contributed by atoms with E-state index in [0.717, 1.165) is 43.6 Å². The quantitative estimate of drug-likeness (QED) is 0.810. The fraction of sp³-hybridized carbons (Fsp3) is 0.550. The second-order valence-corrected chi connectivity index (χ2v) is 7.64. The SMILES string of the molecule is O=C(NC1CCOCC1)N1CCC(c2cc(-c3ccc(C(F)(F)F)cn3)on2)CC1. The van der Waals surface area contributed by atoms with Gasteiger partial charge in [-0.05, 0) is 37.8 Å². The molecule has 162 valence electrons. The molecule has 2 aromatic heterocycles. The maximum Gasteiger partial charge on any atom is 0.417 e. The Morgan fingerprint density at radius 2 is 1.87 bits per heavy atom. The summed E-state index contributed by atoms with van der Waals surface area (Å²) >= 11 is 0. The molecule has 2 aliphatic heterocycles. The molecule has 0 aromatic carbocycles. The number of piperidine rings is 1. The molecule has 10 heteroatoms. The van der Waals surface area contributed by atoms with Crippen LogP contribution in [-0.2, 0) is 10.9 Å². The van der Waals surface area contributed by atoms with Crippen molar-refractivity contribution in [2.75, 3.05) is 26.3 Å². The number of nitrogens with one attached hydrogen (secondary N) is 1. The van der Waals surface area contributed by atoms with Crippen molar-refractivity contribution >= 4 is 6.03 Å². The van der Waals surface area contributed by atoms with Crippen LogP contribution >= 0.6 is 0 Å². The number of carbonyl (C=O) groups excluding carboxylic acids is 1. The summed E-state index contributed by atoms with van der Waals surface area (Å²) in [6.45, 7) is 2.57. The van der Waals surface area contributed by atoms with Gasteiger partial charge in [-0.15, -0.1) is 0 Å². The van der Waals surface area contributed by atoms with Crippen LogP contribution in [-0.4, -0.2) is 53.4 Å². The van der Waals surface area contributed by atoms with Gasteiger partial charge < -0.3 is 19.5 Å². The van der Waals surface area contributed by atoms with Crippen LogP contribution in [0, 0.1) is 0 Å². The van der Waals surface area contributed by atoms with Crippen molar-refractivity contribution in [1.82, 2.24) is 20.4 Å². The highest BCUT2D eigenvalue weighted by molar-refractivity contribution is 5.74. The van der Waals surface area contributed by atoms with Gasteiger partial charge in [-0.3, -0.25) is 4.98 Å². The normalized spacial score (nSPS) is 19.1. The number of carbonyl (C=O) groups is 1. The van der Waals surface area contributed by atoms with Gasteiger partial charge in [-0.25, -0.2) is 4.79 Å². The number of hydrogen-bond acceptors (Lipinski definition) is 5. The van der Waals surface area contributed by atoms with E-state index in [4.69, 9.17) is 9.26 Å². The first kappa shape index (κ1) is 20.6. The molecule has 1 N–H and O–H groups in total. The molecule has 0 saturated carbocycles. The fourth-order valence-electron chi connectivity index (χ4n) is 3.80. The van der Waals surface area contributed by atoms with Gasteiger partial charge in [0.15, 0.2) is 5.76 Å². The zero-order chi connectivity index (χ0) is 21.1. The van der Waals surface area contributed by atoms with Crippen molar-refractivity contribution in [1.29, 1.82) is 0 Å². The Morgan fingerprint density at radius 3 is 2.50 bits per heavy atom. The fourth-order valence-corrected chi connectivity index (χ4v) is 3.80. The number of pyridine rings is 1. The number of hydrogen-bond donors (Lipinski definition) is 1. The lowest BCUT2D eigenvalue weighted by molar-refractivity contribution is -0.137. The summed E-state index contributed by atoms with van der Waals surface area (Å²) < 4.78 is 48.6. The number of alkyl halides is 3. The second-order valence-electron chi connectivity index (χ2n) is 7.64. The minimum absolute atomic E-state index is 0.0462. The summed E-state index contributed by atoms with van der Waals surface area (Å²) in [5.74, 6) is 0.461. The third-order valence-electron chi connectivity index (χ3n) is 5.62. The van der Waals surface area contributed by atoms with Crippen molar-refractivity contribution in [2.24, 2.45) is 0 Å². The standard InChI is InChI=1S/C20H23F3N4O3/c21-20(22,23)14-1-2-16(24-12-14)18-11-17(26-30-18)13-3-7-27(8-4-13)19(28)25-15-5-9-29-10-6-15/h1-2,11-13,15H,3-10H2,(H,25,28). The van der Waals surface area contributed by atoms with Crippen LogP contribution in [0.15, 0.2) is 28.9 Å². The van der Waals surface area contributed by atoms with Crippen molar-refractivity contribution in [2.45, 2.75) is 43.8 Å². The van der Waals surface area contributed by atoms with Crippen LogP contribution in [0.5, 0.6) is 0 Å². The molecule has 7 nitrogen and oxygen atoms in total. The van der Waals surface area contributed by atoms with Crippen LogP contribution < -0.4 is 5.32 Å². The van der Waals surface area contributed by atoms with E-state index in [1.807, 2.05) is 4.90 Å². The summed E-state index contributed by atoms with van der Waals surface area (Å²) in [5.41, 5.74) is 0.226. The Labute approximate surface area is 171 Å². The van der Waals surface area contributed by atoms with E-state index in [1.54, 1.807) is 6.07 Å². The van der Waals surface area contributed by atoms with E-state index >= 15 is 0 Å². The molecule has 2 aromatic rings. The third-order valence-corrected chi connectivity index (χ3v) is 5.62. The molecule has 30 heavy (non-hydrogen) atoms. The topological polar surface area (TPSA) is 80.5 Å². The first-order chi connectivity index (χ1) is 14.4. The molecule has 2 amide bonds. The number of ether oxygens (including phenoxy) is 1. The lowest BCUT2D eigenvalue weighted by Gasteiger charge is -2.33. The predicted molar refractivity (Wildman–Crippen MR) is 101 cm³/mol. The van der Waals surface area contributed by atoms with Crippen molar-refractivity contribution in [3.63, 3.8) is 0 Å². The van der Waals surface area contributed by atoms with E-state index in [2.05, 4.69) is 15.5 Å². The molecule has 4 rings (SSSR count). The van der Waals surface area contributed by atoms with Crippen LogP contribution in [0.3, 0.4) is 0 Å². The number of rotatable bonds is 3. The molecular weight excluding hydrogens is 401 g/mol. The van der Waals surface area contributed by atoms with Crippen LogP contribution in [0.1, 0.15) is 42.9 Å². The number of urea groups is 1. The Hall–Kier alpha value is -2.62. The minimum atomic E-state index is -4.43. The highest BCUT2D eigenvalue weighted by Gasteiger charge is 2.31. The van der Waals surface area contributed by atoms with Gasteiger partial charge in [0.1, 0.15) is 5.69 Å². The van der Waals surface area contributed by atoms with E-state index in [9.17, 15) is 18.0 Å². The van der Waals surface area contributed by atoms with Crippen LogP contribution in [0.2, 0.25) is 0 Å².